The zero-order valence-electron chi connectivity index (χ0n) is 12.7. The van der Waals surface area contributed by atoms with Gasteiger partial charge in [0.15, 0.2) is 0 Å². The number of aryl methyl sites for hydroxylation is 1. The first-order valence-corrected chi connectivity index (χ1v) is 7.58. The molecule has 0 aliphatic carbocycles. The lowest BCUT2D eigenvalue weighted by molar-refractivity contribution is 0.462. The molecule has 0 heterocycles. The second-order valence-electron chi connectivity index (χ2n) is 5.88. The highest BCUT2D eigenvalue weighted by Gasteiger charge is 2.13. The zero-order chi connectivity index (χ0) is 16.0. The number of fused-ring (bicyclic) bond motifs is 2. The fraction of sp³-hybridized carbons (Fsp3) is 0.0476. The summed E-state index contributed by atoms with van der Waals surface area (Å²) in [7, 11) is 0. The molecule has 0 saturated heterocycles. The second kappa shape index (κ2) is 5.03. The maximum absolute atomic E-state index is 10.3. The Bertz CT molecular complexity index is 1050. The van der Waals surface area contributed by atoms with Gasteiger partial charge in [-0.3, -0.25) is 0 Å². The second-order valence-corrected chi connectivity index (χ2v) is 5.88. The lowest BCUT2D eigenvalue weighted by atomic mass is 9.91. The van der Waals surface area contributed by atoms with Gasteiger partial charge >= 0.3 is 0 Å². The van der Waals surface area contributed by atoms with Gasteiger partial charge in [0.25, 0.3) is 0 Å². The molecule has 0 amide bonds. The van der Waals surface area contributed by atoms with Gasteiger partial charge in [-0.15, -0.1) is 0 Å². The van der Waals surface area contributed by atoms with Crippen molar-refractivity contribution in [3.63, 3.8) is 0 Å². The molecule has 0 aromatic heterocycles. The molecule has 0 atom stereocenters. The molecular formula is C21H16O2. The van der Waals surface area contributed by atoms with Crippen LogP contribution < -0.4 is 0 Å². The standard InChI is InChI=1S/C21H16O2/c1-13-6-7-16-10-14-4-2-3-5-15(14)11-18(16)21(13)19-12-17(22)8-9-20(19)23/h2-12,22-23H,1H3. The number of hydrogen-bond donors (Lipinski definition) is 2. The molecule has 2 nitrogen and oxygen atoms in total. The van der Waals surface area contributed by atoms with E-state index in [-0.39, 0.29) is 11.5 Å². The molecule has 0 unspecified atom stereocenters. The molecule has 4 rings (SSSR count). The molecule has 2 heteroatoms. The van der Waals surface area contributed by atoms with E-state index in [4.69, 9.17) is 0 Å². The Labute approximate surface area is 134 Å². The lowest BCUT2D eigenvalue weighted by Crippen LogP contribution is -1.88. The van der Waals surface area contributed by atoms with Crippen LogP contribution in [0.5, 0.6) is 11.5 Å². The van der Waals surface area contributed by atoms with E-state index in [1.54, 1.807) is 6.07 Å². The molecule has 112 valence electrons. The van der Waals surface area contributed by atoms with Crippen LogP contribution in [0.4, 0.5) is 0 Å². The SMILES string of the molecule is Cc1ccc2cc3ccccc3cc2c1-c1cc(O)ccc1O. The van der Waals surface area contributed by atoms with Crippen LogP contribution in [-0.2, 0) is 0 Å². The van der Waals surface area contributed by atoms with Crippen molar-refractivity contribution in [1.29, 1.82) is 0 Å². The van der Waals surface area contributed by atoms with Crippen LogP contribution in [0, 0.1) is 6.92 Å². The van der Waals surface area contributed by atoms with E-state index in [1.807, 2.05) is 19.1 Å². The number of phenolic OH excluding ortho intramolecular Hbond substituents is 2. The summed E-state index contributed by atoms with van der Waals surface area (Å²) in [5, 5.41) is 24.6. The van der Waals surface area contributed by atoms with Crippen molar-refractivity contribution >= 4 is 21.5 Å². The fourth-order valence-corrected chi connectivity index (χ4v) is 3.20. The molecule has 0 spiro atoms. The number of rotatable bonds is 1. The van der Waals surface area contributed by atoms with Crippen LogP contribution in [0.25, 0.3) is 32.7 Å². The molecule has 2 N–H and O–H groups in total. The monoisotopic (exact) mass is 300 g/mol. The van der Waals surface area contributed by atoms with Crippen LogP contribution in [0.15, 0.2) is 66.7 Å². The van der Waals surface area contributed by atoms with Gasteiger partial charge in [-0.1, -0.05) is 36.4 Å². The molecule has 0 bridgehead atoms. The Morgan fingerprint density at radius 3 is 2.22 bits per heavy atom. The summed E-state index contributed by atoms with van der Waals surface area (Å²) < 4.78 is 0. The van der Waals surface area contributed by atoms with Crippen molar-refractivity contribution in [1.82, 2.24) is 0 Å². The van der Waals surface area contributed by atoms with Crippen LogP contribution >= 0.6 is 0 Å². The highest BCUT2D eigenvalue weighted by molar-refractivity contribution is 6.06. The van der Waals surface area contributed by atoms with E-state index in [2.05, 4.69) is 36.4 Å². The van der Waals surface area contributed by atoms with Crippen molar-refractivity contribution in [3.05, 3.63) is 72.3 Å². The summed E-state index contributed by atoms with van der Waals surface area (Å²) in [6, 6.07) is 21.3. The zero-order valence-corrected chi connectivity index (χ0v) is 12.7. The predicted octanol–water partition coefficient (Wildman–Crippen LogP) is 5.38. The van der Waals surface area contributed by atoms with Crippen LogP contribution in [0.3, 0.4) is 0 Å². The van der Waals surface area contributed by atoms with Gasteiger partial charge in [0.2, 0.25) is 0 Å². The summed E-state index contributed by atoms with van der Waals surface area (Å²) in [6.07, 6.45) is 0. The Morgan fingerprint density at radius 2 is 1.43 bits per heavy atom. The van der Waals surface area contributed by atoms with Gasteiger partial charge in [-0.05, 0) is 69.9 Å². The van der Waals surface area contributed by atoms with Crippen LogP contribution in [0.1, 0.15) is 5.56 Å². The van der Waals surface area contributed by atoms with E-state index < -0.39 is 0 Å². The van der Waals surface area contributed by atoms with Crippen LogP contribution in [0.2, 0.25) is 0 Å². The molecule has 4 aromatic rings. The molecule has 0 radical (unpaired) electrons. The molecule has 0 aliphatic heterocycles. The van der Waals surface area contributed by atoms with Crippen LogP contribution in [-0.4, -0.2) is 10.2 Å². The van der Waals surface area contributed by atoms with Crippen molar-refractivity contribution in [2.24, 2.45) is 0 Å². The smallest absolute Gasteiger partial charge is 0.123 e. The first-order valence-electron chi connectivity index (χ1n) is 7.58. The summed E-state index contributed by atoms with van der Waals surface area (Å²) in [5.74, 6) is 0.321. The molecule has 4 aromatic carbocycles. The van der Waals surface area contributed by atoms with Gasteiger partial charge in [-0.25, -0.2) is 0 Å². The van der Waals surface area contributed by atoms with E-state index >= 15 is 0 Å². The van der Waals surface area contributed by atoms with Gasteiger partial charge in [0.1, 0.15) is 11.5 Å². The Hall–Kier alpha value is -3.00. The van der Waals surface area contributed by atoms with E-state index in [0.717, 1.165) is 27.3 Å². The Kier molecular flexibility index (Phi) is 2.98. The maximum Gasteiger partial charge on any atom is 0.123 e. The largest absolute Gasteiger partial charge is 0.508 e. The minimum Gasteiger partial charge on any atom is -0.508 e. The minimum atomic E-state index is 0.148. The normalized spacial score (nSPS) is 11.2. The summed E-state index contributed by atoms with van der Waals surface area (Å²) >= 11 is 0. The fourth-order valence-electron chi connectivity index (χ4n) is 3.20. The Morgan fingerprint density at radius 1 is 0.696 bits per heavy atom. The maximum atomic E-state index is 10.3. The third kappa shape index (κ3) is 2.20. The average molecular weight is 300 g/mol. The van der Waals surface area contributed by atoms with Crippen molar-refractivity contribution in [2.75, 3.05) is 0 Å². The summed E-state index contributed by atoms with van der Waals surface area (Å²) in [5.41, 5.74) is 2.68. The molecular weight excluding hydrogens is 284 g/mol. The molecule has 0 aliphatic rings. The highest BCUT2D eigenvalue weighted by atomic mass is 16.3. The van der Waals surface area contributed by atoms with Crippen molar-refractivity contribution < 1.29 is 10.2 Å². The third-order valence-electron chi connectivity index (χ3n) is 4.34. The average Bonchev–Trinajstić information content (AvgIpc) is 2.56. The lowest BCUT2D eigenvalue weighted by Gasteiger charge is -2.13. The predicted molar refractivity (Wildman–Crippen MR) is 95.0 cm³/mol. The first-order chi connectivity index (χ1) is 11.1. The number of hydrogen-bond acceptors (Lipinski definition) is 2. The first kappa shape index (κ1) is 13.6. The summed E-state index contributed by atoms with van der Waals surface area (Å²) in [6.45, 7) is 2.02. The number of benzene rings is 4. The summed E-state index contributed by atoms with van der Waals surface area (Å²) in [4.78, 5) is 0. The van der Waals surface area contributed by atoms with Gasteiger partial charge in [-0.2, -0.15) is 0 Å². The van der Waals surface area contributed by atoms with Crippen molar-refractivity contribution in [2.45, 2.75) is 6.92 Å². The molecule has 0 saturated carbocycles. The topological polar surface area (TPSA) is 40.5 Å². The number of aromatic hydroxyl groups is 2. The van der Waals surface area contributed by atoms with Gasteiger partial charge < -0.3 is 10.2 Å². The highest BCUT2D eigenvalue weighted by Crippen LogP contribution is 2.39. The van der Waals surface area contributed by atoms with E-state index in [0.29, 0.717) is 5.56 Å². The quantitative estimate of drug-likeness (QED) is 0.366. The molecule has 23 heavy (non-hydrogen) atoms. The van der Waals surface area contributed by atoms with E-state index in [1.165, 1.54) is 17.5 Å². The number of phenols is 2. The Balaban J connectivity index is 2.14. The molecule has 0 fully saturated rings. The van der Waals surface area contributed by atoms with Gasteiger partial charge in [0.05, 0.1) is 0 Å². The van der Waals surface area contributed by atoms with Gasteiger partial charge in [0, 0.05) is 5.56 Å². The minimum absolute atomic E-state index is 0.148. The van der Waals surface area contributed by atoms with E-state index in [9.17, 15) is 10.2 Å². The third-order valence-corrected chi connectivity index (χ3v) is 4.34. The van der Waals surface area contributed by atoms with Crippen molar-refractivity contribution in [3.8, 4) is 22.6 Å².